The van der Waals surface area contributed by atoms with Gasteiger partial charge in [0.25, 0.3) is 5.91 Å². The molecule has 162 valence electrons. The molecule has 1 amide bonds. The summed E-state index contributed by atoms with van der Waals surface area (Å²) in [6.45, 7) is 4.28. The van der Waals surface area contributed by atoms with Crippen molar-refractivity contribution in [3.05, 3.63) is 52.3 Å². The largest absolute Gasteiger partial charge is 0.497 e. The summed E-state index contributed by atoms with van der Waals surface area (Å²) < 4.78 is 9.97. The summed E-state index contributed by atoms with van der Waals surface area (Å²) in [5, 5.41) is 0. The molecule has 2 rings (SSSR count). The second kappa shape index (κ2) is 10.1. The van der Waals surface area contributed by atoms with Gasteiger partial charge in [-0.05, 0) is 51.7 Å². The van der Waals surface area contributed by atoms with E-state index in [1.807, 2.05) is 19.0 Å². The highest BCUT2D eigenvalue weighted by Gasteiger charge is 2.26. The van der Waals surface area contributed by atoms with Gasteiger partial charge in [-0.3, -0.25) is 9.59 Å². The second-order valence-corrected chi connectivity index (χ2v) is 7.30. The van der Waals surface area contributed by atoms with Crippen molar-refractivity contribution in [2.45, 2.75) is 13.8 Å². The van der Waals surface area contributed by atoms with Crippen molar-refractivity contribution in [2.75, 3.05) is 47.9 Å². The molecule has 30 heavy (non-hydrogen) atoms. The van der Waals surface area contributed by atoms with Crippen molar-refractivity contribution in [1.82, 2.24) is 14.8 Å². The van der Waals surface area contributed by atoms with Crippen LogP contribution < -0.4 is 4.74 Å². The van der Waals surface area contributed by atoms with Crippen molar-refractivity contribution >= 4 is 17.7 Å². The second-order valence-electron chi connectivity index (χ2n) is 7.30. The molecule has 0 bridgehead atoms. The molecule has 0 aliphatic heterocycles. The number of hydrogen-bond acceptors (Lipinski definition) is 6. The molecular weight excluding hydrogens is 386 g/mol. The molecule has 1 aromatic heterocycles. The van der Waals surface area contributed by atoms with E-state index in [-0.39, 0.29) is 23.9 Å². The molecule has 2 aromatic rings. The number of ketones is 1. The Morgan fingerprint density at radius 3 is 2.37 bits per heavy atom. The maximum absolute atomic E-state index is 13.1. The van der Waals surface area contributed by atoms with E-state index >= 15 is 0 Å². The van der Waals surface area contributed by atoms with E-state index in [1.54, 1.807) is 38.1 Å². The first-order valence-corrected chi connectivity index (χ1v) is 9.58. The summed E-state index contributed by atoms with van der Waals surface area (Å²) in [5.41, 5.74) is 2.18. The van der Waals surface area contributed by atoms with E-state index < -0.39 is 5.97 Å². The van der Waals surface area contributed by atoms with Gasteiger partial charge in [0.15, 0.2) is 5.78 Å². The molecule has 8 heteroatoms. The molecule has 0 aliphatic rings. The molecule has 8 nitrogen and oxygen atoms in total. The molecular formula is C22H29N3O5. The van der Waals surface area contributed by atoms with Crippen LogP contribution in [0.1, 0.15) is 42.5 Å². The normalized spacial score (nSPS) is 10.8. The zero-order chi connectivity index (χ0) is 22.4. The Morgan fingerprint density at radius 1 is 1.07 bits per heavy atom. The number of aryl methyl sites for hydroxylation is 1. The van der Waals surface area contributed by atoms with Crippen molar-refractivity contribution < 1.29 is 23.9 Å². The summed E-state index contributed by atoms with van der Waals surface area (Å²) in [6.07, 6.45) is 0. The van der Waals surface area contributed by atoms with Gasteiger partial charge in [0.05, 0.1) is 20.8 Å². The Balaban J connectivity index is 2.32. The average Bonchev–Trinajstić information content (AvgIpc) is 3.03. The summed E-state index contributed by atoms with van der Waals surface area (Å²) >= 11 is 0. The molecule has 0 unspecified atom stereocenters. The minimum Gasteiger partial charge on any atom is -0.497 e. The van der Waals surface area contributed by atoms with Crippen molar-refractivity contribution in [1.29, 1.82) is 0 Å². The fourth-order valence-corrected chi connectivity index (χ4v) is 3.24. The van der Waals surface area contributed by atoms with Crippen LogP contribution in [0.5, 0.6) is 5.75 Å². The monoisotopic (exact) mass is 415 g/mol. The SMILES string of the molecule is COC(=O)c1[nH]c(C)c(C(=O)CN(CCN(C)C)C(=O)c2cccc(OC)c2)c1C. The summed E-state index contributed by atoms with van der Waals surface area (Å²) in [4.78, 5) is 44.6. The number of rotatable bonds is 9. The zero-order valence-electron chi connectivity index (χ0n) is 18.4. The van der Waals surface area contributed by atoms with Crippen molar-refractivity contribution in [3.8, 4) is 5.75 Å². The van der Waals surface area contributed by atoms with Gasteiger partial charge in [-0.2, -0.15) is 0 Å². The van der Waals surface area contributed by atoms with Gasteiger partial charge in [0, 0.05) is 29.9 Å². The first-order valence-electron chi connectivity index (χ1n) is 9.58. The predicted octanol–water partition coefficient (Wildman–Crippen LogP) is 2.31. The highest BCUT2D eigenvalue weighted by Crippen LogP contribution is 2.21. The number of aromatic amines is 1. The molecule has 0 aliphatic carbocycles. The molecule has 0 atom stereocenters. The van der Waals surface area contributed by atoms with Gasteiger partial charge in [-0.25, -0.2) is 4.79 Å². The first-order chi connectivity index (χ1) is 14.2. The Bertz CT molecular complexity index is 933. The van der Waals surface area contributed by atoms with Gasteiger partial charge < -0.3 is 24.3 Å². The number of ether oxygens (including phenoxy) is 2. The third kappa shape index (κ3) is 5.27. The van der Waals surface area contributed by atoms with E-state index in [9.17, 15) is 14.4 Å². The molecule has 0 fully saturated rings. The van der Waals surface area contributed by atoms with Gasteiger partial charge in [0.1, 0.15) is 11.4 Å². The average molecular weight is 415 g/mol. The standard InChI is InChI=1S/C22H29N3O5/c1-14-19(15(2)23-20(14)22(28)30-6)18(26)13-25(11-10-24(3)4)21(27)16-8-7-9-17(12-16)29-5/h7-9,12,23H,10-11,13H2,1-6H3. The van der Waals surface area contributed by atoms with Crippen LogP contribution >= 0.6 is 0 Å². The van der Waals surface area contributed by atoms with Crippen LogP contribution in [0.2, 0.25) is 0 Å². The Kier molecular flexibility index (Phi) is 7.77. The maximum atomic E-state index is 13.1. The van der Waals surface area contributed by atoms with E-state index in [0.717, 1.165) is 0 Å². The Morgan fingerprint density at radius 2 is 1.77 bits per heavy atom. The highest BCUT2D eigenvalue weighted by atomic mass is 16.5. The summed E-state index contributed by atoms with van der Waals surface area (Å²) in [7, 11) is 6.63. The number of nitrogens with zero attached hydrogens (tertiary/aromatic N) is 2. The minimum atomic E-state index is -0.536. The van der Waals surface area contributed by atoms with Crippen LogP contribution in [-0.4, -0.2) is 80.4 Å². The zero-order valence-corrected chi connectivity index (χ0v) is 18.4. The lowest BCUT2D eigenvalue weighted by molar-refractivity contribution is 0.0593. The highest BCUT2D eigenvalue weighted by molar-refractivity contribution is 6.05. The van der Waals surface area contributed by atoms with Crippen LogP contribution in [0.15, 0.2) is 24.3 Å². The van der Waals surface area contributed by atoms with E-state index in [0.29, 0.717) is 41.2 Å². The number of nitrogens with one attached hydrogen (secondary N) is 1. The lowest BCUT2D eigenvalue weighted by Crippen LogP contribution is -2.40. The Hall–Kier alpha value is -3.13. The number of H-pyrrole nitrogens is 1. The molecule has 0 radical (unpaired) electrons. The lowest BCUT2D eigenvalue weighted by Gasteiger charge is -2.24. The fraction of sp³-hybridized carbons (Fsp3) is 0.409. The Labute approximate surface area is 176 Å². The predicted molar refractivity (Wildman–Crippen MR) is 113 cm³/mol. The van der Waals surface area contributed by atoms with Crippen LogP contribution in [0.25, 0.3) is 0 Å². The van der Waals surface area contributed by atoms with Crippen LogP contribution in [-0.2, 0) is 4.74 Å². The smallest absolute Gasteiger partial charge is 0.354 e. The molecule has 0 spiro atoms. The van der Waals surface area contributed by atoms with Crippen molar-refractivity contribution in [2.24, 2.45) is 0 Å². The maximum Gasteiger partial charge on any atom is 0.354 e. The molecule has 0 saturated heterocycles. The third-order valence-corrected chi connectivity index (χ3v) is 4.86. The number of Topliss-reactive ketones (excluding diaryl/α,β-unsaturated/α-hetero) is 1. The topological polar surface area (TPSA) is 91.9 Å². The van der Waals surface area contributed by atoms with E-state index in [4.69, 9.17) is 9.47 Å². The van der Waals surface area contributed by atoms with E-state index in [1.165, 1.54) is 19.1 Å². The number of amides is 1. The molecule has 1 N–H and O–H groups in total. The van der Waals surface area contributed by atoms with Crippen LogP contribution in [0.3, 0.4) is 0 Å². The molecule has 1 heterocycles. The summed E-state index contributed by atoms with van der Waals surface area (Å²) in [5.74, 6) is -0.471. The minimum absolute atomic E-state index is 0.107. The number of esters is 1. The van der Waals surface area contributed by atoms with Gasteiger partial charge in [-0.15, -0.1) is 0 Å². The van der Waals surface area contributed by atoms with Gasteiger partial charge in [-0.1, -0.05) is 6.07 Å². The van der Waals surface area contributed by atoms with Gasteiger partial charge in [0.2, 0.25) is 0 Å². The number of benzene rings is 1. The molecule has 0 saturated carbocycles. The molecule has 1 aromatic carbocycles. The first kappa shape index (κ1) is 23.2. The van der Waals surface area contributed by atoms with E-state index in [2.05, 4.69) is 4.98 Å². The number of hydrogen-bond donors (Lipinski definition) is 1. The summed E-state index contributed by atoms with van der Waals surface area (Å²) in [6, 6.07) is 6.84. The third-order valence-electron chi connectivity index (χ3n) is 4.86. The van der Waals surface area contributed by atoms with Crippen LogP contribution in [0.4, 0.5) is 0 Å². The van der Waals surface area contributed by atoms with Crippen LogP contribution in [0, 0.1) is 13.8 Å². The quantitative estimate of drug-likeness (QED) is 0.499. The number of carbonyl (C=O) groups is 3. The number of methoxy groups -OCH3 is 2. The van der Waals surface area contributed by atoms with Gasteiger partial charge >= 0.3 is 5.97 Å². The van der Waals surface area contributed by atoms with Crippen molar-refractivity contribution in [3.63, 3.8) is 0 Å². The number of aromatic nitrogens is 1. The lowest BCUT2D eigenvalue weighted by atomic mass is 10.0. The fourth-order valence-electron chi connectivity index (χ4n) is 3.24. The number of likely N-dealkylation sites (N-methyl/N-ethyl adjacent to an activating group) is 1. The number of carbonyl (C=O) groups excluding carboxylic acids is 3.